The third-order valence-corrected chi connectivity index (χ3v) is 6.59. The smallest absolute Gasteiger partial charge is 0.307 e. The molecule has 0 bridgehead atoms. The number of carbonyl (C=O) groups is 1. The van der Waals surface area contributed by atoms with Crippen LogP contribution in [0.25, 0.3) is 11.1 Å². The maximum atomic E-state index is 15.3. The van der Waals surface area contributed by atoms with Crippen LogP contribution in [0.4, 0.5) is 4.39 Å². The van der Waals surface area contributed by atoms with Gasteiger partial charge in [-0.05, 0) is 48.1 Å². The van der Waals surface area contributed by atoms with Gasteiger partial charge in [0.25, 0.3) is 0 Å². The summed E-state index contributed by atoms with van der Waals surface area (Å²) in [5, 5.41) is 9.20. The fraction of sp³-hybridized carbons (Fsp3) is 0.345. The first-order valence-electron chi connectivity index (χ1n) is 12.0. The van der Waals surface area contributed by atoms with Gasteiger partial charge in [0.2, 0.25) is 0 Å². The predicted octanol–water partition coefficient (Wildman–Crippen LogP) is 6.45. The first-order valence-corrected chi connectivity index (χ1v) is 12.0. The van der Waals surface area contributed by atoms with Gasteiger partial charge in [-0.25, -0.2) is 4.39 Å². The number of carboxylic acids is 1. The molecule has 1 atom stereocenters. The van der Waals surface area contributed by atoms with Gasteiger partial charge >= 0.3 is 5.97 Å². The van der Waals surface area contributed by atoms with E-state index in [4.69, 9.17) is 10.5 Å². The first-order chi connectivity index (χ1) is 16.4. The van der Waals surface area contributed by atoms with E-state index in [0.717, 1.165) is 17.5 Å². The Balaban J connectivity index is 1.66. The Morgan fingerprint density at radius 1 is 1.09 bits per heavy atom. The van der Waals surface area contributed by atoms with E-state index in [9.17, 15) is 9.90 Å². The zero-order chi connectivity index (χ0) is 24.1. The van der Waals surface area contributed by atoms with Crippen LogP contribution >= 0.6 is 0 Å². The second kappa shape index (κ2) is 10.8. The third kappa shape index (κ3) is 5.84. The number of benzene rings is 3. The zero-order valence-electron chi connectivity index (χ0n) is 19.6. The summed E-state index contributed by atoms with van der Waals surface area (Å²) < 4.78 is 21.4. The van der Waals surface area contributed by atoms with Crippen LogP contribution in [-0.4, -0.2) is 11.1 Å². The Bertz CT molecular complexity index is 1150. The molecule has 3 aromatic carbocycles. The predicted molar refractivity (Wildman–Crippen MR) is 132 cm³/mol. The lowest BCUT2D eigenvalue weighted by atomic mass is 9.92. The van der Waals surface area contributed by atoms with E-state index < -0.39 is 12.0 Å². The average Bonchev–Trinajstić information content (AvgIpc) is 3.31. The molecule has 3 aromatic rings. The molecule has 3 N–H and O–H groups in total. The van der Waals surface area contributed by atoms with E-state index in [1.165, 1.54) is 31.2 Å². The Hall–Kier alpha value is -3.18. The number of halogens is 1. The van der Waals surface area contributed by atoms with Crippen molar-refractivity contribution in [2.45, 2.75) is 58.1 Å². The van der Waals surface area contributed by atoms with Crippen LogP contribution in [0.5, 0.6) is 5.75 Å². The van der Waals surface area contributed by atoms with Gasteiger partial charge in [0, 0.05) is 22.7 Å². The van der Waals surface area contributed by atoms with Crippen LogP contribution < -0.4 is 10.5 Å². The number of para-hydroxylation sites is 1. The van der Waals surface area contributed by atoms with Gasteiger partial charge in [0.05, 0.1) is 6.42 Å². The molecule has 0 heterocycles. The number of hydrogen-bond donors (Lipinski definition) is 2. The minimum absolute atomic E-state index is 0.0988. The van der Waals surface area contributed by atoms with Crippen LogP contribution in [0.2, 0.25) is 0 Å². The van der Waals surface area contributed by atoms with Crippen molar-refractivity contribution in [1.82, 2.24) is 0 Å². The molecule has 4 rings (SSSR count). The Labute approximate surface area is 200 Å². The number of nitrogens with two attached hydrogens (primary N) is 1. The molecule has 0 saturated heterocycles. The van der Waals surface area contributed by atoms with Crippen molar-refractivity contribution in [3.8, 4) is 16.9 Å². The van der Waals surface area contributed by atoms with Crippen LogP contribution in [0, 0.1) is 11.7 Å². The van der Waals surface area contributed by atoms with Crippen LogP contribution in [-0.2, 0) is 24.2 Å². The molecule has 4 nitrogen and oxygen atoms in total. The maximum Gasteiger partial charge on any atom is 0.307 e. The second-order valence-electron chi connectivity index (χ2n) is 9.36. The fourth-order valence-electron chi connectivity index (χ4n) is 4.91. The van der Waals surface area contributed by atoms with Gasteiger partial charge in [-0.15, -0.1) is 0 Å². The largest absolute Gasteiger partial charge is 0.489 e. The highest BCUT2D eigenvalue weighted by molar-refractivity contribution is 5.71. The number of aliphatic carboxylic acids is 1. The lowest BCUT2D eigenvalue weighted by Crippen LogP contribution is -2.08. The summed E-state index contributed by atoms with van der Waals surface area (Å²) in [5.74, 6) is 0.0221. The number of hydrogen-bond acceptors (Lipinski definition) is 3. The quantitative estimate of drug-likeness (QED) is 0.384. The average molecular weight is 462 g/mol. The third-order valence-electron chi connectivity index (χ3n) is 6.59. The fourth-order valence-corrected chi connectivity index (χ4v) is 4.91. The van der Waals surface area contributed by atoms with Crippen molar-refractivity contribution < 1.29 is 19.0 Å². The number of carboxylic acid groups (broad SMARTS) is 1. The molecule has 178 valence electrons. The van der Waals surface area contributed by atoms with Gasteiger partial charge in [-0.2, -0.15) is 0 Å². The van der Waals surface area contributed by atoms with Gasteiger partial charge in [0.1, 0.15) is 18.2 Å². The van der Waals surface area contributed by atoms with Crippen LogP contribution in [0.3, 0.4) is 0 Å². The lowest BCUT2D eigenvalue weighted by Gasteiger charge is -2.16. The second-order valence-corrected chi connectivity index (χ2v) is 9.36. The molecule has 1 aliphatic rings. The lowest BCUT2D eigenvalue weighted by molar-refractivity contribution is -0.136. The molecular formula is C29H32FNO3. The summed E-state index contributed by atoms with van der Waals surface area (Å²) in [7, 11) is 0. The maximum absolute atomic E-state index is 15.3. The van der Waals surface area contributed by atoms with Crippen molar-refractivity contribution in [2.75, 3.05) is 0 Å². The molecule has 0 radical (unpaired) electrons. The van der Waals surface area contributed by atoms with E-state index in [1.54, 1.807) is 37.3 Å². The summed E-state index contributed by atoms with van der Waals surface area (Å²) in [6.07, 6.45) is 5.86. The summed E-state index contributed by atoms with van der Waals surface area (Å²) >= 11 is 0. The highest BCUT2D eigenvalue weighted by atomic mass is 19.1. The Morgan fingerprint density at radius 2 is 1.82 bits per heavy atom. The van der Waals surface area contributed by atoms with Gasteiger partial charge in [-0.1, -0.05) is 74.2 Å². The molecule has 1 saturated carbocycles. The summed E-state index contributed by atoms with van der Waals surface area (Å²) in [6, 6.07) is 18.3. The molecular weight excluding hydrogens is 429 g/mol. The van der Waals surface area contributed by atoms with E-state index in [1.807, 2.05) is 18.2 Å². The monoisotopic (exact) mass is 461 g/mol. The molecule has 0 amide bonds. The molecule has 0 aliphatic heterocycles. The molecule has 34 heavy (non-hydrogen) atoms. The Kier molecular flexibility index (Phi) is 7.63. The SMILES string of the molecule is C[C@@H](N)c1cccc(-c2cc(COc3ccccc3CC(=O)O)cc(CC3CCCC3)c2)c1F. The van der Waals surface area contributed by atoms with Gasteiger partial charge in [-0.3, -0.25) is 4.79 Å². The molecule has 1 aliphatic carbocycles. The molecule has 0 spiro atoms. The van der Waals surface area contributed by atoms with E-state index in [2.05, 4.69) is 12.1 Å². The minimum Gasteiger partial charge on any atom is -0.489 e. The summed E-state index contributed by atoms with van der Waals surface area (Å²) in [4.78, 5) is 11.2. The number of ether oxygens (including phenoxy) is 1. The molecule has 0 unspecified atom stereocenters. The highest BCUT2D eigenvalue weighted by Gasteiger charge is 2.18. The summed E-state index contributed by atoms with van der Waals surface area (Å²) in [6.45, 7) is 2.06. The minimum atomic E-state index is -0.901. The molecule has 5 heteroatoms. The van der Waals surface area contributed by atoms with Gasteiger partial charge < -0.3 is 15.6 Å². The van der Waals surface area contributed by atoms with Crippen molar-refractivity contribution in [1.29, 1.82) is 0 Å². The van der Waals surface area contributed by atoms with Gasteiger partial charge in [0.15, 0.2) is 0 Å². The summed E-state index contributed by atoms with van der Waals surface area (Å²) in [5.41, 5.74) is 10.6. The Morgan fingerprint density at radius 3 is 2.56 bits per heavy atom. The normalized spacial score (nSPS) is 14.8. The van der Waals surface area contributed by atoms with E-state index in [0.29, 0.717) is 28.4 Å². The van der Waals surface area contributed by atoms with Crippen molar-refractivity contribution in [2.24, 2.45) is 11.7 Å². The molecule has 1 fully saturated rings. The van der Waals surface area contributed by atoms with E-state index >= 15 is 4.39 Å². The van der Waals surface area contributed by atoms with Crippen LogP contribution in [0.1, 0.15) is 60.9 Å². The van der Waals surface area contributed by atoms with Crippen molar-refractivity contribution >= 4 is 5.97 Å². The topological polar surface area (TPSA) is 72.5 Å². The molecule has 0 aromatic heterocycles. The van der Waals surface area contributed by atoms with Crippen molar-refractivity contribution in [3.05, 3.63) is 88.7 Å². The van der Waals surface area contributed by atoms with Crippen LogP contribution in [0.15, 0.2) is 60.7 Å². The first kappa shape index (κ1) is 24.0. The standard InChI is InChI=1S/C29H32FNO3/c1-19(31)25-10-6-11-26(29(25)30)24-15-21(13-20-7-2-3-8-20)14-22(16-24)18-34-27-12-5-4-9-23(27)17-28(32)33/h4-6,9-12,14-16,19-20H,2-3,7-8,13,17-18,31H2,1H3,(H,32,33)/t19-/m1/s1. The zero-order valence-corrected chi connectivity index (χ0v) is 19.6. The van der Waals surface area contributed by atoms with E-state index in [-0.39, 0.29) is 18.8 Å². The van der Waals surface area contributed by atoms with Crippen molar-refractivity contribution in [3.63, 3.8) is 0 Å². The highest BCUT2D eigenvalue weighted by Crippen LogP contribution is 2.33. The number of rotatable bonds is 9.